The molecule has 0 aromatic heterocycles. The topological polar surface area (TPSA) is 29.3 Å². The summed E-state index contributed by atoms with van der Waals surface area (Å²) in [4.78, 5) is 2.48. The van der Waals surface area contributed by atoms with Gasteiger partial charge in [-0.1, -0.05) is 47.0 Å². The highest BCUT2D eigenvalue weighted by Crippen LogP contribution is 2.34. The van der Waals surface area contributed by atoms with E-state index in [4.69, 9.17) is 5.73 Å². The number of likely N-dealkylation sites (N-methyl/N-ethyl adjacent to an activating group) is 1. The normalized spacial score (nSPS) is 20.3. The van der Waals surface area contributed by atoms with E-state index in [1.807, 2.05) is 0 Å². The molecule has 0 radical (unpaired) electrons. The first kappa shape index (κ1) is 14.0. The number of nitrogens with zero attached hydrogens (tertiary/aromatic N) is 1. The van der Waals surface area contributed by atoms with Crippen LogP contribution in [0.3, 0.4) is 0 Å². The molecule has 1 saturated carbocycles. The molecule has 2 unspecified atom stereocenters. The van der Waals surface area contributed by atoms with Gasteiger partial charge in [-0.3, -0.25) is 4.90 Å². The minimum absolute atomic E-state index is 0.134. The van der Waals surface area contributed by atoms with E-state index in [9.17, 15) is 0 Å². The van der Waals surface area contributed by atoms with Crippen molar-refractivity contribution in [1.82, 2.24) is 4.90 Å². The van der Waals surface area contributed by atoms with Crippen LogP contribution in [0.15, 0.2) is 28.7 Å². The Morgan fingerprint density at radius 2 is 1.89 bits per heavy atom. The van der Waals surface area contributed by atoms with Gasteiger partial charge in [-0.05, 0) is 38.4 Å². The molecule has 18 heavy (non-hydrogen) atoms. The zero-order valence-electron chi connectivity index (χ0n) is 11.3. The van der Waals surface area contributed by atoms with Crippen LogP contribution < -0.4 is 5.73 Å². The van der Waals surface area contributed by atoms with E-state index in [1.165, 1.54) is 31.2 Å². The van der Waals surface area contributed by atoms with Gasteiger partial charge in [0, 0.05) is 16.6 Å². The maximum atomic E-state index is 6.24. The van der Waals surface area contributed by atoms with E-state index in [-0.39, 0.29) is 6.04 Å². The first-order valence-electron chi connectivity index (χ1n) is 6.83. The second kappa shape index (κ2) is 6.18. The molecular weight excluding hydrogens is 288 g/mol. The second-order valence-electron chi connectivity index (χ2n) is 5.43. The van der Waals surface area contributed by atoms with Crippen LogP contribution in [0.1, 0.15) is 44.2 Å². The lowest BCUT2D eigenvalue weighted by Gasteiger charge is -2.36. The molecule has 2 nitrogen and oxygen atoms in total. The lowest BCUT2D eigenvalue weighted by molar-refractivity contribution is 0.156. The lowest BCUT2D eigenvalue weighted by atomic mass is 9.97. The van der Waals surface area contributed by atoms with Crippen molar-refractivity contribution in [1.29, 1.82) is 0 Å². The van der Waals surface area contributed by atoms with Gasteiger partial charge in [0.05, 0.1) is 6.04 Å². The van der Waals surface area contributed by atoms with Crippen LogP contribution in [-0.4, -0.2) is 24.0 Å². The summed E-state index contributed by atoms with van der Waals surface area (Å²) in [5, 5.41) is 0. The molecule has 1 aromatic rings. The van der Waals surface area contributed by atoms with Gasteiger partial charge in [0.1, 0.15) is 0 Å². The highest BCUT2D eigenvalue weighted by atomic mass is 79.9. The van der Waals surface area contributed by atoms with Gasteiger partial charge in [0.15, 0.2) is 0 Å². The molecule has 0 aliphatic heterocycles. The molecule has 2 atom stereocenters. The first-order chi connectivity index (χ1) is 8.61. The van der Waals surface area contributed by atoms with Crippen LogP contribution in [0.2, 0.25) is 0 Å². The third-order valence-corrected chi connectivity index (χ3v) is 4.78. The molecule has 1 aromatic carbocycles. The summed E-state index contributed by atoms with van der Waals surface area (Å²) in [7, 11) is 2.23. The largest absolute Gasteiger partial charge is 0.326 e. The smallest absolute Gasteiger partial charge is 0.0507 e. The van der Waals surface area contributed by atoms with Gasteiger partial charge in [0.2, 0.25) is 0 Å². The summed E-state index contributed by atoms with van der Waals surface area (Å²) in [6.45, 7) is 2.11. The zero-order chi connectivity index (χ0) is 13.1. The van der Waals surface area contributed by atoms with Crippen molar-refractivity contribution in [2.75, 3.05) is 7.05 Å². The van der Waals surface area contributed by atoms with E-state index >= 15 is 0 Å². The van der Waals surface area contributed by atoms with Crippen molar-refractivity contribution >= 4 is 15.9 Å². The van der Waals surface area contributed by atoms with Crippen LogP contribution in [0, 0.1) is 0 Å². The van der Waals surface area contributed by atoms with Crippen molar-refractivity contribution in [2.45, 2.75) is 50.7 Å². The van der Waals surface area contributed by atoms with E-state index in [2.05, 4.69) is 59.1 Å². The van der Waals surface area contributed by atoms with E-state index in [0.717, 1.165) is 4.47 Å². The average Bonchev–Trinajstić information content (AvgIpc) is 2.85. The number of nitrogens with two attached hydrogens (primary N) is 1. The number of hydrogen-bond donors (Lipinski definition) is 1. The molecule has 2 N–H and O–H groups in total. The van der Waals surface area contributed by atoms with Crippen LogP contribution >= 0.6 is 15.9 Å². The van der Waals surface area contributed by atoms with Gasteiger partial charge in [-0.2, -0.15) is 0 Å². The summed E-state index contributed by atoms with van der Waals surface area (Å²) >= 11 is 3.66. The molecule has 0 spiro atoms. The number of rotatable bonds is 4. The Morgan fingerprint density at radius 3 is 2.44 bits per heavy atom. The fraction of sp³-hybridized carbons (Fsp3) is 0.600. The predicted molar refractivity (Wildman–Crippen MR) is 80.6 cm³/mol. The van der Waals surface area contributed by atoms with Gasteiger partial charge >= 0.3 is 0 Å². The molecular formula is C15H23BrN2. The minimum atomic E-state index is 0.134. The van der Waals surface area contributed by atoms with E-state index in [0.29, 0.717) is 12.1 Å². The predicted octanol–water partition coefficient (Wildman–Crippen LogP) is 3.71. The van der Waals surface area contributed by atoms with Crippen molar-refractivity contribution < 1.29 is 0 Å². The standard InChI is InChI=1S/C15H23BrN2/c1-11(17)15(13-9-5-6-10-14(13)16)18(2)12-7-3-4-8-12/h5-6,9-12,15H,3-4,7-8,17H2,1-2H3. The summed E-state index contributed by atoms with van der Waals surface area (Å²) in [6, 6.07) is 9.56. The summed E-state index contributed by atoms with van der Waals surface area (Å²) in [6.07, 6.45) is 5.33. The molecule has 1 aliphatic carbocycles. The monoisotopic (exact) mass is 310 g/mol. The number of benzene rings is 1. The third-order valence-electron chi connectivity index (χ3n) is 4.06. The van der Waals surface area contributed by atoms with Gasteiger partial charge in [-0.25, -0.2) is 0 Å². The molecule has 0 amide bonds. The Kier molecular flexibility index (Phi) is 4.82. The van der Waals surface area contributed by atoms with Crippen molar-refractivity contribution in [3.05, 3.63) is 34.3 Å². The fourth-order valence-electron chi connectivity index (χ4n) is 3.13. The summed E-state index contributed by atoms with van der Waals surface area (Å²) in [5.74, 6) is 0. The Morgan fingerprint density at radius 1 is 1.28 bits per heavy atom. The number of hydrogen-bond acceptors (Lipinski definition) is 2. The second-order valence-corrected chi connectivity index (χ2v) is 6.28. The molecule has 0 saturated heterocycles. The molecule has 0 bridgehead atoms. The maximum Gasteiger partial charge on any atom is 0.0507 e. The quantitative estimate of drug-likeness (QED) is 0.918. The molecule has 1 aliphatic rings. The van der Waals surface area contributed by atoms with Crippen molar-refractivity contribution in [2.24, 2.45) is 5.73 Å². The molecule has 3 heteroatoms. The maximum absolute atomic E-state index is 6.24. The van der Waals surface area contributed by atoms with Crippen LogP contribution in [0.4, 0.5) is 0 Å². The third kappa shape index (κ3) is 2.95. The Bertz CT molecular complexity index is 386. The minimum Gasteiger partial charge on any atom is -0.326 e. The summed E-state index contributed by atoms with van der Waals surface area (Å²) < 4.78 is 1.16. The zero-order valence-corrected chi connectivity index (χ0v) is 12.9. The highest BCUT2D eigenvalue weighted by molar-refractivity contribution is 9.10. The Labute approximate surface area is 119 Å². The van der Waals surface area contributed by atoms with Crippen LogP contribution in [-0.2, 0) is 0 Å². The van der Waals surface area contributed by atoms with E-state index in [1.54, 1.807) is 0 Å². The van der Waals surface area contributed by atoms with Crippen LogP contribution in [0.25, 0.3) is 0 Å². The first-order valence-corrected chi connectivity index (χ1v) is 7.62. The Balaban J connectivity index is 2.25. The molecule has 2 rings (SSSR count). The van der Waals surface area contributed by atoms with Crippen LogP contribution in [0.5, 0.6) is 0 Å². The van der Waals surface area contributed by atoms with Crippen molar-refractivity contribution in [3.63, 3.8) is 0 Å². The number of halogens is 1. The van der Waals surface area contributed by atoms with Gasteiger partial charge in [-0.15, -0.1) is 0 Å². The molecule has 100 valence electrons. The Hall–Kier alpha value is -0.380. The molecule has 1 fully saturated rings. The van der Waals surface area contributed by atoms with Gasteiger partial charge < -0.3 is 5.73 Å². The highest BCUT2D eigenvalue weighted by Gasteiger charge is 2.29. The SMILES string of the molecule is CC(N)C(c1ccccc1Br)N(C)C1CCCC1. The molecule has 0 heterocycles. The lowest BCUT2D eigenvalue weighted by Crippen LogP contribution is -2.42. The summed E-state index contributed by atoms with van der Waals surface area (Å²) in [5.41, 5.74) is 7.55. The van der Waals surface area contributed by atoms with Crippen molar-refractivity contribution in [3.8, 4) is 0 Å². The average molecular weight is 311 g/mol. The van der Waals surface area contributed by atoms with Gasteiger partial charge in [0.25, 0.3) is 0 Å². The fourth-order valence-corrected chi connectivity index (χ4v) is 3.65. The van der Waals surface area contributed by atoms with E-state index < -0.39 is 0 Å².